The van der Waals surface area contributed by atoms with E-state index in [1.165, 1.54) is 51.1 Å². The minimum atomic E-state index is -0.161. The third kappa shape index (κ3) is 3.76. The normalized spacial score (nSPS) is 21.6. The van der Waals surface area contributed by atoms with Crippen LogP contribution >= 0.6 is 23.1 Å². The zero-order valence-electron chi connectivity index (χ0n) is 20.4. The molecule has 3 heterocycles. The highest BCUT2D eigenvalue weighted by Gasteiger charge is 2.48. The first-order valence-electron chi connectivity index (χ1n) is 13.2. The SMILES string of the molecule is O=C1[C@H]2CCCC[C@@H]2C(=O)N1c1ccc2nc(SCC(=O)n3c4c(c5ccccc53)CCCC4)sc2c1. The van der Waals surface area contributed by atoms with Crippen LogP contribution in [0.3, 0.4) is 0 Å². The van der Waals surface area contributed by atoms with Gasteiger partial charge in [-0.25, -0.2) is 4.98 Å². The zero-order valence-corrected chi connectivity index (χ0v) is 22.1. The van der Waals surface area contributed by atoms with Crippen molar-refractivity contribution in [3.05, 3.63) is 53.7 Å². The number of thiazole rings is 1. The molecule has 4 aromatic rings. The van der Waals surface area contributed by atoms with Crippen molar-refractivity contribution in [3.63, 3.8) is 0 Å². The molecule has 188 valence electrons. The van der Waals surface area contributed by atoms with Crippen LogP contribution < -0.4 is 4.90 Å². The van der Waals surface area contributed by atoms with Crippen molar-refractivity contribution in [1.29, 1.82) is 0 Å². The van der Waals surface area contributed by atoms with E-state index in [-0.39, 0.29) is 29.6 Å². The maximum Gasteiger partial charge on any atom is 0.241 e. The molecule has 1 saturated carbocycles. The molecule has 2 amide bonds. The van der Waals surface area contributed by atoms with Crippen LogP contribution in [0.5, 0.6) is 0 Å². The molecule has 0 bridgehead atoms. The molecule has 2 aromatic carbocycles. The van der Waals surface area contributed by atoms with Gasteiger partial charge in [0.2, 0.25) is 17.7 Å². The van der Waals surface area contributed by atoms with E-state index in [4.69, 9.17) is 4.98 Å². The summed E-state index contributed by atoms with van der Waals surface area (Å²) in [6.07, 6.45) is 7.92. The molecule has 2 fully saturated rings. The number of nitrogens with zero attached hydrogens (tertiary/aromatic N) is 3. The van der Waals surface area contributed by atoms with Gasteiger partial charge in [0.25, 0.3) is 0 Å². The third-order valence-corrected chi connectivity index (χ3v) is 10.3. The lowest BCUT2D eigenvalue weighted by Crippen LogP contribution is -2.30. The van der Waals surface area contributed by atoms with E-state index in [0.29, 0.717) is 11.4 Å². The van der Waals surface area contributed by atoms with Gasteiger partial charge in [-0.3, -0.25) is 23.9 Å². The predicted molar refractivity (Wildman–Crippen MR) is 147 cm³/mol. The van der Waals surface area contributed by atoms with Gasteiger partial charge in [0.05, 0.1) is 39.0 Å². The van der Waals surface area contributed by atoms with E-state index in [0.717, 1.165) is 65.0 Å². The van der Waals surface area contributed by atoms with Crippen molar-refractivity contribution in [2.24, 2.45) is 11.8 Å². The molecule has 1 aliphatic heterocycles. The lowest BCUT2D eigenvalue weighted by atomic mass is 9.81. The second-order valence-corrected chi connectivity index (χ2v) is 12.6. The fourth-order valence-electron chi connectivity index (χ4n) is 6.48. The van der Waals surface area contributed by atoms with Gasteiger partial charge in [-0.1, -0.05) is 42.8 Å². The number of carbonyl (C=O) groups excluding carboxylic acids is 3. The summed E-state index contributed by atoms with van der Waals surface area (Å²) < 4.78 is 3.68. The van der Waals surface area contributed by atoms with Crippen molar-refractivity contribution < 1.29 is 14.4 Å². The van der Waals surface area contributed by atoms with E-state index in [2.05, 4.69) is 6.07 Å². The molecule has 0 spiro atoms. The Kier molecular flexibility index (Phi) is 5.70. The monoisotopic (exact) mass is 529 g/mol. The summed E-state index contributed by atoms with van der Waals surface area (Å²) in [7, 11) is 0. The van der Waals surface area contributed by atoms with Gasteiger partial charge in [-0.2, -0.15) is 0 Å². The molecular formula is C29H27N3O3S2. The quantitative estimate of drug-likeness (QED) is 0.231. The summed E-state index contributed by atoms with van der Waals surface area (Å²) in [4.78, 5) is 45.6. The highest BCUT2D eigenvalue weighted by molar-refractivity contribution is 8.01. The van der Waals surface area contributed by atoms with Crippen LogP contribution in [0.15, 0.2) is 46.8 Å². The third-order valence-electron chi connectivity index (χ3n) is 8.20. The Morgan fingerprint density at radius 2 is 1.73 bits per heavy atom. The Bertz CT molecular complexity index is 1560. The van der Waals surface area contributed by atoms with Crippen LogP contribution in [-0.2, 0) is 22.4 Å². The molecule has 6 nitrogen and oxygen atoms in total. The fraction of sp³-hybridized carbons (Fsp3) is 0.379. The topological polar surface area (TPSA) is 72.3 Å². The minimum absolute atomic E-state index is 0.0546. The van der Waals surface area contributed by atoms with Crippen molar-refractivity contribution in [1.82, 2.24) is 9.55 Å². The summed E-state index contributed by atoms with van der Waals surface area (Å²) in [5, 5.41) is 1.20. The van der Waals surface area contributed by atoms with E-state index in [1.807, 2.05) is 41.0 Å². The Balaban J connectivity index is 1.13. The molecule has 3 aliphatic rings. The maximum absolute atomic E-state index is 13.4. The van der Waals surface area contributed by atoms with Crippen molar-refractivity contribution >= 4 is 67.6 Å². The maximum atomic E-state index is 13.4. The Labute approximate surface area is 223 Å². The molecule has 2 aromatic heterocycles. The van der Waals surface area contributed by atoms with Crippen LogP contribution in [-0.4, -0.2) is 33.0 Å². The largest absolute Gasteiger partial charge is 0.283 e. The number of aryl methyl sites for hydroxylation is 1. The summed E-state index contributed by atoms with van der Waals surface area (Å²) in [5.74, 6) is -0.0381. The van der Waals surface area contributed by atoms with Gasteiger partial charge in [0, 0.05) is 11.1 Å². The molecule has 0 unspecified atom stereocenters. The van der Waals surface area contributed by atoms with Crippen molar-refractivity contribution in [3.8, 4) is 0 Å². The molecule has 1 saturated heterocycles. The molecule has 8 heteroatoms. The lowest BCUT2D eigenvalue weighted by molar-refractivity contribution is -0.122. The molecule has 37 heavy (non-hydrogen) atoms. The summed E-state index contributed by atoms with van der Waals surface area (Å²) in [5.41, 5.74) is 4.98. The first kappa shape index (κ1) is 23.2. The van der Waals surface area contributed by atoms with Crippen LogP contribution in [0.4, 0.5) is 5.69 Å². The number of aromatic nitrogens is 2. The second-order valence-electron chi connectivity index (χ2n) is 10.3. The first-order valence-corrected chi connectivity index (χ1v) is 15.0. The smallest absolute Gasteiger partial charge is 0.241 e. The highest BCUT2D eigenvalue weighted by atomic mass is 32.2. The van der Waals surface area contributed by atoms with E-state index >= 15 is 0 Å². The van der Waals surface area contributed by atoms with Crippen LogP contribution in [0.1, 0.15) is 54.6 Å². The van der Waals surface area contributed by atoms with E-state index in [9.17, 15) is 14.4 Å². The van der Waals surface area contributed by atoms with Crippen LogP contribution in [0.25, 0.3) is 21.1 Å². The zero-order chi connectivity index (χ0) is 25.1. The average molecular weight is 530 g/mol. The van der Waals surface area contributed by atoms with Gasteiger partial charge in [0.1, 0.15) is 0 Å². The van der Waals surface area contributed by atoms with Gasteiger partial charge in [-0.05, 0) is 68.4 Å². The molecule has 2 aliphatic carbocycles. The lowest BCUT2D eigenvalue weighted by Gasteiger charge is -2.19. The number of hydrogen-bond donors (Lipinski definition) is 0. The summed E-state index contributed by atoms with van der Waals surface area (Å²) in [6, 6.07) is 13.8. The molecule has 7 rings (SSSR count). The van der Waals surface area contributed by atoms with Gasteiger partial charge < -0.3 is 0 Å². The number of carbonyl (C=O) groups is 3. The Hall–Kier alpha value is -2.97. The van der Waals surface area contributed by atoms with Gasteiger partial charge in [-0.15, -0.1) is 11.3 Å². The number of anilines is 1. The number of rotatable bonds is 4. The number of imide groups is 1. The second kappa shape index (κ2) is 9.10. The van der Waals surface area contributed by atoms with E-state index in [1.54, 1.807) is 0 Å². The van der Waals surface area contributed by atoms with Crippen molar-refractivity contribution in [2.45, 2.75) is 55.7 Å². The number of para-hydroxylation sites is 1. The Morgan fingerprint density at radius 1 is 0.973 bits per heavy atom. The van der Waals surface area contributed by atoms with Crippen LogP contribution in [0, 0.1) is 11.8 Å². The van der Waals surface area contributed by atoms with Gasteiger partial charge in [0.15, 0.2) is 4.34 Å². The number of fused-ring (bicyclic) bond motifs is 5. The number of hydrogen-bond acceptors (Lipinski definition) is 6. The van der Waals surface area contributed by atoms with E-state index < -0.39 is 0 Å². The fourth-order valence-corrected chi connectivity index (χ4v) is 8.43. The predicted octanol–water partition coefficient (Wildman–Crippen LogP) is 6.24. The summed E-state index contributed by atoms with van der Waals surface area (Å²) in [6.45, 7) is 0. The number of thioether (sulfide) groups is 1. The van der Waals surface area contributed by atoms with Crippen molar-refractivity contribution in [2.75, 3.05) is 10.7 Å². The molecule has 0 radical (unpaired) electrons. The number of amides is 2. The van der Waals surface area contributed by atoms with Gasteiger partial charge >= 0.3 is 0 Å². The molecular weight excluding hydrogens is 502 g/mol. The number of benzene rings is 2. The highest BCUT2D eigenvalue weighted by Crippen LogP contribution is 2.41. The Morgan fingerprint density at radius 3 is 2.54 bits per heavy atom. The molecule has 2 atom stereocenters. The summed E-state index contributed by atoms with van der Waals surface area (Å²) >= 11 is 2.97. The first-order chi connectivity index (χ1) is 18.1. The van der Waals surface area contributed by atoms with Crippen LogP contribution in [0.2, 0.25) is 0 Å². The average Bonchev–Trinajstić information content (AvgIpc) is 3.57. The molecule has 0 N–H and O–H groups in total. The standard InChI is InChI=1S/C29H27N3O3S2/c33-26(32-23-11-5-3-7-18(23)19-8-4-6-12-24(19)32)16-36-29-30-22-14-13-17(15-25(22)37-29)31-27(34)20-9-1-2-10-21(20)28(31)35/h3,5,7,11,13-15,20-21H,1-2,4,6,8-10,12,16H2/t20-,21-/m0/s1. The minimum Gasteiger partial charge on any atom is -0.283 e.